The first kappa shape index (κ1) is 18.6. The molecule has 3 rings (SSSR count). The number of rotatable bonds is 5. The number of nitrogens with zero attached hydrogens (tertiary/aromatic N) is 1. The molecular weight excluding hydrogens is 370 g/mol. The van der Waals surface area contributed by atoms with Crippen LogP contribution in [0.2, 0.25) is 0 Å². The summed E-state index contributed by atoms with van der Waals surface area (Å²) in [5.41, 5.74) is -2.23. The van der Waals surface area contributed by atoms with Crippen molar-refractivity contribution in [2.24, 2.45) is 0 Å². The maximum Gasteiger partial charge on any atom is 0.357 e. The number of ether oxygens (including phenoxy) is 1. The largest absolute Gasteiger partial charge is 0.465 e. The zero-order chi connectivity index (χ0) is 20.3. The van der Waals surface area contributed by atoms with Crippen LogP contribution in [0.5, 0.6) is 0 Å². The van der Waals surface area contributed by atoms with E-state index in [0.29, 0.717) is 16.9 Å². The molecule has 2 heterocycles. The molecule has 0 radical (unpaired) electrons. The third-order valence-corrected chi connectivity index (χ3v) is 3.77. The number of H-pyrrole nitrogens is 2. The van der Waals surface area contributed by atoms with Gasteiger partial charge in [0.05, 0.1) is 17.6 Å². The highest BCUT2D eigenvalue weighted by Gasteiger charge is 2.19. The minimum absolute atomic E-state index is 0.272. The zero-order valence-electron chi connectivity index (χ0n) is 14.4. The fourth-order valence-corrected chi connectivity index (χ4v) is 2.54. The van der Waals surface area contributed by atoms with Gasteiger partial charge in [0, 0.05) is 5.56 Å². The Bertz CT molecular complexity index is 1200. The summed E-state index contributed by atoms with van der Waals surface area (Å²) >= 11 is 0. The second-order valence-corrected chi connectivity index (χ2v) is 5.50. The molecule has 2 N–H and O–H groups in total. The lowest BCUT2D eigenvalue weighted by Crippen LogP contribution is -2.25. The van der Waals surface area contributed by atoms with E-state index in [1.165, 1.54) is 19.3 Å². The van der Waals surface area contributed by atoms with Crippen molar-refractivity contribution < 1.29 is 18.9 Å². The predicted molar refractivity (Wildman–Crippen MR) is 98.7 cm³/mol. The average molecular weight is 383 g/mol. The molecule has 0 saturated carbocycles. The summed E-state index contributed by atoms with van der Waals surface area (Å²) in [4.78, 5) is 49.0. The van der Waals surface area contributed by atoms with E-state index in [1.807, 2.05) is 0 Å². The number of nitro groups is 1. The Labute approximate surface area is 156 Å². The van der Waals surface area contributed by atoms with Gasteiger partial charge in [-0.3, -0.25) is 19.9 Å². The van der Waals surface area contributed by atoms with E-state index in [9.17, 15) is 24.5 Å². The van der Waals surface area contributed by atoms with E-state index in [4.69, 9.17) is 9.15 Å². The topological polar surface area (TPSA) is 148 Å². The summed E-state index contributed by atoms with van der Waals surface area (Å²) in [6.45, 7) is 0. The molecule has 0 bridgehead atoms. The van der Waals surface area contributed by atoms with E-state index in [-0.39, 0.29) is 11.5 Å². The Hall–Kier alpha value is -4.21. The fraction of sp³-hybridized carbons (Fsp3) is 0.0556. The molecule has 0 aliphatic heterocycles. The summed E-state index contributed by atoms with van der Waals surface area (Å²) < 4.78 is 10.4. The van der Waals surface area contributed by atoms with Crippen molar-refractivity contribution in [2.45, 2.75) is 0 Å². The van der Waals surface area contributed by atoms with Crippen LogP contribution in [0.1, 0.15) is 21.8 Å². The van der Waals surface area contributed by atoms with Crippen molar-refractivity contribution in [1.82, 2.24) is 9.97 Å². The molecule has 1 aromatic carbocycles. The van der Waals surface area contributed by atoms with Crippen LogP contribution >= 0.6 is 0 Å². The number of carbonyl (C=O) groups is 1. The van der Waals surface area contributed by atoms with Gasteiger partial charge in [0.2, 0.25) is 0 Å². The highest BCUT2D eigenvalue weighted by atomic mass is 16.6. The second-order valence-electron chi connectivity index (χ2n) is 5.50. The first-order valence-corrected chi connectivity index (χ1v) is 7.87. The Kier molecular flexibility index (Phi) is 5.03. The second kappa shape index (κ2) is 7.58. The molecule has 0 fully saturated rings. The first-order chi connectivity index (χ1) is 13.4. The summed E-state index contributed by atoms with van der Waals surface area (Å²) in [5, 5.41) is 11.0. The lowest BCUT2D eigenvalue weighted by molar-refractivity contribution is -0.386. The maximum absolute atomic E-state index is 11.9. The lowest BCUT2D eigenvalue weighted by Gasteiger charge is -2.04. The van der Waals surface area contributed by atoms with Gasteiger partial charge >= 0.3 is 22.9 Å². The minimum atomic E-state index is -1.11. The zero-order valence-corrected chi connectivity index (χ0v) is 14.4. The highest BCUT2D eigenvalue weighted by molar-refractivity contribution is 5.96. The van der Waals surface area contributed by atoms with Crippen LogP contribution in [0.25, 0.3) is 23.5 Å². The van der Waals surface area contributed by atoms with Crippen molar-refractivity contribution in [2.75, 3.05) is 7.11 Å². The number of hydrogen-bond donors (Lipinski definition) is 2. The molecular formula is C18H13N3O7. The normalized spacial score (nSPS) is 10.9. The van der Waals surface area contributed by atoms with Crippen molar-refractivity contribution in [3.8, 4) is 11.3 Å². The van der Waals surface area contributed by atoms with Crippen molar-refractivity contribution in [3.05, 3.63) is 84.4 Å². The van der Waals surface area contributed by atoms with Crippen LogP contribution in [-0.2, 0) is 4.74 Å². The molecule has 0 saturated heterocycles. The molecule has 0 spiro atoms. The summed E-state index contributed by atoms with van der Waals surface area (Å²) in [6, 6.07) is 9.85. The van der Waals surface area contributed by atoms with Gasteiger partial charge in [-0.25, -0.2) is 9.59 Å². The highest BCUT2D eigenvalue weighted by Crippen LogP contribution is 2.27. The molecule has 0 aliphatic carbocycles. The molecule has 2 aromatic heterocycles. The number of methoxy groups -OCH3 is 1. The van der Waals surface area contributed by atoms with Crippen LogP contribution in [0, 0.1) is 10.1 Å². The van der Waals surface area contributed by atoms with E-state index < -0.39 is 27.8 Å². The maximum atomic E-state index is 11.9. The number of nitrogens with one attached hydrogen (secondary N) is 2. The van der Waals surface area contributed by atoms with Gasteiger partial charge in [0.25, 0.3) is 0 Å². The summed E-state index contributed by atoms with van der Waals surface area (Å²) in [5.74, 6) is 0.125. The third kappa shape index (κ3) is 3.65. The Morgan fingerprint density at radius 1 is 1.14 bits per heavy atom. The SMILES string of the molecule is COC(=O)c1ccccc1-c1ccc(/C=C/c2[nH]c(=O)[nH]c(=O)c2[N+](=O)[O-])o1. The van der Waals surface area contributed by atoms with Gasteiger partial charge < -0.3 is 14.1 Å². The van der Waals surface area contributed by atoms with Gasteiger partial charge in [0.15, 0.2) is 0 Å². The minimum Gasteiger partial charge on any atom is -0.465 e. The lowest BCUT2D eigenvalue weighted by atomic mass is 10.1. The molecule has 0 aliphatic rings. The van der Waals surface area contributed by atoms with E-state index >= 15 is 0 Å². The fourth-order valence-electron chi connectivity index (χ4n) is 2.54. The molecule has 0 atom stereocenters. The van der Waals surface area contributed by atoms with Crippen molar-refractivity contribution in [3.63, 3.8) is 0 Å². The van der Waals surface area contributed by atoms with Gasteiger partial charge in [-0.05, 0) is 30.4 Å². The van der Waals surface area contributed by atoms with Crippen molar-refractivity contribution >= 4 is 23.8 Å². The molecule has 10 heteroatoms. The van der Waals surface area contributed by atoms with Crippen LogP contribution in [0.4, 0.5) is 5.69 Å². The van der Waals surface area contributed by atoms with E-state index in [1.54, 1.807) is 41.4 Å². The predicted octanol–water partition coefficient (Wildman–Crippen LogP) is 2.19. The number of benzene rings is 1. The van der Waals surface area contributed by atoms with E-state index in [0.717, 1.165) is 0 Å². The van der Waals surface area contributed by atoms with Gasteiger partial charge in [0.1, 0.15) is 17.2 Å². The molecule has 28 heavy (non-hydrogen) atoms. The van der Waals surface area contributed by atoms with E-state index in [2.05, 4.69) is 4.98 Å². The number of hydrogen-bond acceptors (Lipinski definition) is 7. The van der Waals surface area contributed by atoms with Gasteiger partial charge in [-0.1, -0.05) is 18.2 Å². The van der Waals surface area contributed by atoms with Crippen LogP contribution < -0.4 is 11.2 Å². The number of furan rings is 1. The number of esters is 1. The number of aromatic amines is 2. The number of aromatic nitrogens is 2. The Balaban J connectivity index is 1.98. The van der Waals surface area contributed by atoms with Gasteiger partial charge in [-0.15, -0.1) is 0 Å². The summed E-state index contributed by atoms with van der Waals surface area (Å²) in [6.07, 6.45) is 2.53. The van der Waals surface area contributed by atoms with Crippen molar-refractivity contribution in [1.29, 1.82) is 0 Å². The third-order valence-electron chi connectivity index (χ3n) is 3.77. The quantitative estimate of drug-likeness (QED) is 0.390. The van der Waals surface area contributed by atoms with Crippen LogP contribution in [-0.4, -0.2) is 28.0 Å². The molecule has 142 valence electrons. The van der Waals surface area contributed by atoms with Crippen LogP contribution in [0.15, 0.2) is 50.4 Å². The molecule has 10 nitrogen and oxygen atoms in total. The summed E-state index contributed by atoms with van der Waals surface area (Å²) in [7, 11) is 1.27. The Morgan fingerprint density at radius 2 is 1.89 bits per heavy atom. The van der Waals surface area contributed by atoms with Gasteiger partial charge in [-0.2, -0.15) is 0 Å². The molecule has 3 aromatic rings. The average Bonchev–Trinajstić information content (AvgIpc) is 3.13. The standard InChI is InChI=1S/C18H13N3O7/c1-27-17(23)12-5-3-2-4-11(12)14-9-7-10(28-14)6-8-13-15(21(25)26)16(22)20-18(24)19-13/h2-9H,1H3,(H2,19,20,22,24)/b8-6+. The smallest absolute Gasteiger partial charge is 0.357 e. The Morgan fingerprint density at radius 3 is 2.61 bits per heavy atom. The van der Waals surface area contributed by atoms with Crippen LogP contribution in [0.3, 0.4) is 0 Å². The molecule has 0 unspecified atom stereocenters. The molecule has 0 amide bonds. The number of carbonyl (C=O) groups excluding carboxylic acids is 1. The monoisotopic (exact) mass is 383 g/mol. The first-order valence-electron chi connectivity index (χ1n) is 7.87.